The van der Waals surface area contributed by atoms with E-state index in [9.17, 15) is 9.59 Å². The van der Waals surface area contributed by atoms with E-state index in [0.29, 0.717) is 11.5 Å². The van der Waals surface area contributed by atoms with Crippen LogP contribution in [-0.4, -0.2) is 35.4 Å². The minimum Gasteiger partial charge on any atom is -0.325 e. The van der Waals surface area contributed by atoms with E-state index in [4.69, 9.17) is 0 Å². The Morgan fingerprint density at radius 2 is 1.66 bits per heavy atom. The van der Waals surface area contributed by atoms with Crippen molar-refractivity contribution >= 4 is 68.3 Å². The standard InChI is InChI=1S/C24H21N3O2S3/c1-27(18-8-4-2-5-9-18)23(29)16-31-24-26-20-13-12-17(14-21(20)32-24)25-22(28)15-30-19-10-6-3-7-11-19/h2-14H,15-16H2,1H3,(H,25,28). The van der Waals surface area contributed by atoms with Gasteiger partial charge in [-0.2, -0.15) is 0 Å². The van der Waals surface area contributed by atoms with E-state index in [1.54, 1.807) is 11.9 Å². The molecular weight excluding hydrogens is 458 g/mol. The zero-order chi connectivity index (χ0) is 22.3. The summed E-state index contributed by atoms with van der Waals surface area (Å²) in [6.07, 6.45) is 0. The smallest absolute Gasteiger partial charge is 0.237 e. The Hall–Kier alpha value is -2.81. The molecule has 1 N–H and O–H groups in total. The van der Waals surface area contributed by atoms with Crippen LogP contribution in [0.25, 0.3) is 10.2 Å². The maximum absolute atomic E-state index is 12.5. The van der Waals surface area contributed by atoms with Gasteiger partial charge in [-0.25, -0.2) is 4.98 Å². The number of benzene rings is 3. The van der Waals surface area contributed by atoms with Crippen molar-refractivity contribution in [3.8, 4) is 0 Å². The Labute approximate surface area is 199 Å². The third-order valence-corrected chi connectivity index (χ3v) is 7.76. The summed E-state index contributed by atoms with van der Waals surface area (Å²) >= 11 is 4.46. The minimum atomic E-state index is -0.0492. The van der Waals surface area contributed by atoms with Gasteiger partial charge in [-0.1, -0.05) is 48.2 Å². The molecule has 0 aliphatic carbocycles. The monoisotopic (exact) mass is 479 g/mol. The number of carbonyl (C=O) groups excluding carboxylic acids is 2. The number of carbonyl (C=O) groups is 2. The van der Waals surface area contributed by atoms with Crippen LogP contribution in [0.1, 0.15) is 0 Å². The number of para-hydroxylation sites is 1. The largest absolute Gasteiger partial charge is 0.325 e. The number of aromatic nitrogens is 1. The van der Waals surface area contributed by atoms with Crippen molar-refractivity contribution in [3.63, 3.8) is 0 Å². The van der Waals surface area contributed by atoms with Crippen LogP contribution in [-0.2, 0) is 9.59 Å². The van der Waals surface area contributed by atoms with Gasteiger partial charge in [0, 0.05) is 23.3 Å². The van der Waals surface area contributed by atoms with Crippen molar-refractivity contribution in [2.24, 2.45) is 0 Å². The number of thiazole rings is 1. The van der Waals surface area contributed by atoms with Crippen molar-refractivity contribution in [1.82, 2.24) is 4.98 Å². The van der Waals surface area contributed by atoms with Crippen LogP contribution in [0.4, 0.5) is 11.4 Å². The van der Waals surface area contributed by atoms with Crippen molar-refractivity contribution in [2.75, 3.05) is 28.8 Å². The molecule has 0 aliphatic rings. The first kappa shape index (κ1) is 22.4. The molecule has 3 aromatic carbocycles. The molecule has 0 spiro atoms. The van der Waals surface area contributed by atoms with Crippen LogP contribution in [0, 0.1) is 0 Å². The van der Waals surface area contributed by atoms with Crippen LogP contribution in [0.15, 0.2) is 88.1 Å². The SMILES string of the molecule is CN(C(=O)CSc1nc2ccc(NC(=O)CSc3ccccc3)cc2s1)c1ccccc1. The molecule has 32 heavy (non-hydrogen) atoms. The van der Waals surface area contributed by atoms with E-state index in [0.717, 1.165) is 30.8 Å². The van der Waals surface area contributed by atoms with Crippen LogP contribution in [0.3, 0.4) is 0 Å². The average molecular weight is 480 g/mol. The zero-order valence-electron chi connectivity index (χ0n) is 17.4. The molecule has 0 saturated heterocycles. The summed E-state index contributed by atoms with van der Waals surface area (Å²) < 4.78 is 1.81. The van der Waals surface area contributed by atoms with Crippen LogP contribution in [0.2, 0.25) is 0 Å². The molecule has 1 heterocycles. The number of nitrogens with one attached hydrogen (secondary N) is 1. The van der Waals surface area contributed by atoms with E-state index in [1.807, 2.05) is 78.9 Å². The van der Waals surface area contributed by atoms with Gasteiger partial charge in [-0.05, 0) is 42.5 Å². The van der Waals surface area contributed by atoms with Gasteiger partial charge in [0.05, 0.1) is 21.7 Å². The molecule has 0 unspecified atom stereocenters. The van der Waals surface area contributed by atoms with E-state index < -0.39 is 0 Å². The van der Waals surface area contributed by atoms with Crippen molar-refractivity contribution in [1.29, 1.82) is 0 Å². The van der Waals surface area contributed by atoms with Gasteiger partial charge in [0.2, 0.25) is 11.8 Å². The van der Waals surface area contributed by atoms with Gasteiger partial charge in [-0.15, -0.1) is 23.1 Å². The summed E-state index contributed by atoms with van der Waals surface area (Å²) in [6.45, 7) is 0. The lowest BCUT2D eigenvalue weighted by atomic mass is 10.3. The molecule has 8 heteroatoms. The normalized spacial score (nSPS) is 10.8. The number of nitrogens with zero attached hydrogens (tertiary/aromatic N) is 2. The maximum Gasteiger partial charge on any atom is 0.237 e. The molecule has 4 rings (SSSR count). The fraction of sp³-hybridized carbons (Fsp3) is 0.125. The Balaban J connectivity index is 1.33. The topological polar surface area (TPSA) is 62.3 Å². The number of anilines is 2. The highest BCUT2D eigenvalue weighted by atomic mass is 32.2. The van der Waals surface area contributed by atoms with Gasteiger partial charge in [0.1, 0.15) is 0 Å². The van der Waals surface area contributed by atoms with Gasteiger partial charge >= 0.3 is 0 Å². The zero-order valence-corrected chi connectivity index (χ0v) is 19.8. The summed E-state index contributed by atoms with van der Waals surface area (Å²) in [5.74, 6) is 0.630. The highest BCUT2D eigenvalue weighted by Crippen LogP contribution is 2.31. The Bertz CT molecular complexity index is 1210. The van der Waals surface area contributed by atoms with E-state index in [2.05, 4.69) is 10.3 Å². The highest BCUT2D eigenvalue weighted by Gasteiger charge is 2.13. The lowest BCUT2D eigenvalue weighted by molar-refractivity contribution is -0.116. The second-order valence-corrected chi connectivity index (χ2v) is 10.2. The molecule has 5 nitrogen and oxygen atoms in total. The predicted octanol–water partition coefficient (Wildman–Crippen LogP) is 5.78. The van der Waals surface area contributed by atoms with Crippen molar-refractivity contribution in [3.05, 3.63) is 78.9 Å². The molecule has 4 aromatic rings. The molecule has 0 bridgehead atoms. The summed E-state index contributed by atoms with van der Waals surface area (Å²) in [7, 11) is 1.78. The van der Waals surface area contributed by atoms with Gasteiger partial charge in [-0.3, -0.25) is 9.59 Å². The summed E-state index contributed by atoms with van der Waals surface area (Å²) in [5, 5.41) is 2.95. The first-order chi connectivity index (χ1) is 15.6. The average Bonchev–Trinajstić information content (AvgIpc) is 3.24. The summed E-state index contributed by atoms with van der Waals surface area (Å²) in [6, 6.07) is 25.1. The van der Waals surface area contributed by atoms with Crippen LogP contribution in [0.5, 0.6) is 0 Å². The van der Waals surface area contributed by atoms with E-state index in [-0.39, 0.29) is 11.8 Å². The first-order valence-electron chi connectivity index (χ1n) is 9.91. The number of hydrogen-bond donors (Lipinski definition) is 1. The predicted molar refractivity (Wildman–Crippen MR) is 136 cm³/mol. The Kier molecular flexibility index (Phi) is 7.47. The molecule has 0 fully saturated rings. The fourth-order valence-electron chi connectivity index (χ4n) is 2.92. The summed E-state index contributed by atoms with van der Waals surface area (Å²) in [4.78, 5) is 32.1. The third kappa shape index (κ3) is 5.91. The fourth-order valence-corrected chi connectivity index (χ4v) is 5.66. The van der Waals surface area contributed by atoms with Crippen LogP contribution < -0.4 is 10.2 Å². The molecule has 1 aromatic heterocycles. The number of thioether (sulfide) groups is 2. The van der Waals surface area contributed by atoms with Gasteiger partial charge < -0.3 is 10.2 Å². The second-order valence-electron chi connectivity index (χ2n) is 6.89. The molecule has 0 aliphatic heterocycles. The summed E-state index contributed by atoms with van der Waals surface area (Å²) in [5.41, 5.74) is 2.47. The quantitative estimate of drug-likeness (QED) is 0.325. The first-order valence-corrected chi connectivity index (χ1v) is 12.7. The molecule has 2 amide bonds. The molecule has 162 valence electrons. The van der Waals surface area contributed by atoms with E-state index >= 15 is 0 Å². The number of amides is 2. The van der Waals surface area contributed by atoms with Crippen molar-refractivity contribution < 1.29 is 9.59 Å². The Morgan fingerprint density at radius 1 is 0.938 bits per heavy atom. The Morgan fingerprint density at radius 3 is 2.41 bits per heavy atom. The van der Waals surface area contributed by atoms with Crippen molar-refractivity contribution in [2.45, 2.75) is 9.24 Å². The molecule has 0 atom stereocenters. The molecule has 0 radical (unpaired) electrons. The number of hydrogen-bond acceptors (Lipinski definition) is 6. The number of rotatable bonds is 8. The van der Waals surface area contributed by atoms with E-state index in [1.165, 1.54) is 34.9 Å². The van der Waals surface area contributed by atoms with Gasteiger partial charge in [0.15, 0.2) is 4.34 Å². The second kappa shape index (κ2) is 10.7. The lowest BCUT2D eigenvalue weighted by Crippen LogP contribution is -2.27. The highest BCUT2D eigenvalue weighted by molar-refractivity contribution is 8.01. The molecular formula is C24H21N3O2S3. The van der Waals surface area contributed by atoms with Gasteiger partial charge in [0.25, 0.3) is 0 Å². The van der Waals surface area contributed by atoms with Crippen LogP contribution >= 0.6 is 34.9 Å². The molecule has 0 saturated carbocycles. The number of fused-ring (bicyclic) bond motifs is 1. The maximum atomic E-state index is 12.5. The lowest BCUT2D eigenvalue weighted by Gasteiger charge is -2.16. The minimum absolute atomic E-state index is 0.0179. The third-order valence-electron chi connectivity index (χ3n) is 4.60.